The summed E-state index contributed by atoms with van der Waals surface area (Å²) in [6.45, 7) is 2.86. The van der Waals surface area contributed by atoms with Gasteiger partial charge in [-0.1, -0.05) is 18.2 Å². The van der Waals surface area contributed by atoms with Gasteiger partial charge in [-0.15, -0.1) is 0 Å². The van der Waals surface area contributed by atoms with Crippen LogP contribution in [-0.2, 0) is 4.79 Å². The molecule has 4 rings (SSSR count). The summed E-state index contributed by atoms with van der Waals surface area (Å²) in [7, 11) is 0. The molecule has 1 aromatic heterocycles. The molecule has 144 valence electrons. The van der Waals surface area contributed by atoms with Crippen molar-refractivity contribution < 1.29 is 14.0 Å². The van der Waals surface area contributed by atoms with Gasteiger partial charge in [0.15, 0.2) is 0 Å². The lowest BCUT2D eigenvalue weighted by molar-refractivity contribution is -0.127. The number of para-hydroxylation sites is 1. The Balaban J connectivity index is 1.41. The molecule has 1 amide bonds. The van der Waals surface area contributed by atoms with Gasteiger partial charge in [0.05, 0.1) is 5.56 Å². The van der Waals surface area contributed by atoms with Crippen molar-refractivity contribution in [3.05, 3.63) is 65.6 Å². The molecule has 2 heterocycles. The van der Waals surface area contributed by atoms with Crippen LogP contribution >= 0.6 is 0 Å². The number of aromatic amines is 1. The molecular weight excluding hydrogens is 357 g/mol. The number of halogens is 1. The number of benzene rings is 2. The van der Waals surface area contributed by atoms with Gasteiger partial charge < -0.3 is 15.2 Å². The van der Waals surface area contributed by atoms with Crippen LogP contribution in [0.5, 0.6) is 0 Å². The summed E-state index contributed by atoms with van der Waals surface area (Å²) in [5.41, 5.74) is 2.90. The Labute approximate surface area is 162 Å². The van der Waals surface area contributed by atoms with E-state index >= 15 is 0 Å². The van der Waals surface area contributed by atoms with Crippen molar-refractivity contribution in [3.63, 3.8) is 0 Å². The number of rotatable bonds is 4. The molecule has 0 atom stereocenters. The van der Waals surface area contributed by atoms with Crippen LogP contribution in [0.25, 0.3) is 10.9 Å². The molecule has 0 radical (unpaired) electrons. The number of nitrogens with one attached hydrogen (secondary N) is 2. The van der Waals surface area contributed by atoms with Gasteiger partial charge in [0.2, 0.25) is 0 Å². The number of carbonyl (C=O) groups is 2. The van der Waals surface area contributed by atoms with E-state index in [1.165, 1.54) is 12.1 Å². The van der Waals surface area contributed by atoms with E-state index in [-0.39, 0.29) is 11.9 Å². The van der Waals surface area contributed by atoms with E-state index in [1.54, 1.807) is 17.0 Å². The monoisotopic (exact) mass is 379 g/mol. The molecule has 0 unspecified atom stereocenters. The zero-order chi connectivity index (χ0) is 19.7. The maximum Gasteiger partial charge on any atom is 0.295 e. The van der Waals surface area contributed by atoms with Gasteiger partial charge in [-0.05, 0) is 50.1 Å². The minimum Gasteiger partial charge on any atom is -0.382 e. The molecule has 0 saturated carbocycles. The topological polar surface area (TPSA) is 65.2 Å². The van der Waals surface area contributed by atoms with E-state index in [9.17, 15) is 14.0 Å². The lowest BCUT2D eigenvalue weighted by atomic mass is 10.0. The lowest BCUT2D eigenvalue weighted by Crippen LogP contribution is -2.45. The van der Waals surface area contributed by atoms with E-state index in [1.807, 2.05) is 31.2 Å². The predicted molar refractivity (Wildman–Crippen MR) is 107 cm³/mol. The molecule has 1 aliphatic heterocycles. The van der Waals surface area contributed by atoms with Gasteiger partial charge >= 0.3 is 0 Å². The minimum absolute atomic E-state index is 0.194. The van der Waals surface area contributed by atoms with Crippen molar-refractivity contribution in [1.82, 2.24) is 9.88 Å². The van der Waals surface area contributed by atoms with Gasteiger partial charge in [-0.2, -0.15) is 0 Å². The lowest BCUT2D eigenvalue weighted by Gasteiger charge is -2.32. The molecule has 0 bridgehead atoms. The summed E-state index contributed by atoms with van der Waals surface area (Å²) < 4.78 is 13.0. The molecule has 3 aromatic rings. The van der Waals surface area contributed by atoms with E-state index in [0.29, 0.717) is 24.3 Å². The number of likely N-dealkylation sites (tertiary alicyclic amines) is 1. The van der Waals surface area contributed by atoms with Gasteiger partial charge in [-0.25, -0.2) is 4.39 Å². The Kier molecular flexibility index (Phi) is 4.86. The third-order valence-corrected chi connectivity index (χ3v) is 5.31. The number of amides is 1. The van der Waals surface area contributed by atoms with E-state index in [4.69, 9.17) is 0 Å². The molecule has 6 heteroatoms. The average molecular weight is 379 g/mol. The highest BCUT2D eigenvalue weighted by Gasteiger charge is 2.30. The van der Waals surface area contributed by atoms with Gasteiger partial charge in [-0.3, -0.25) is 9.59 Å². The van der Waals surface area contributed by atoms with Crippen molar-refractivity contribution >= 4 is 28.3 Å². The summed E-state index contributed by atoms with van der Waals surface area (Å²) in [4.78, 5) is 30.5. The highest BCUT2D eigenvalue weighted by Crippen LogP contribution is 2.24. The number of piperidine rings is 1. The molecule has 0 aliphatic carbocycles. The standard InChI is InChI=1S/C22H22FN3O2/c1-14-20(18-4-2-3-5-19(18)24-14)21(27)22(28)26-12-10-17(11-13-26)25-16-8-6-15(23)7-9-16/h2-9,17,24-25H,10-13H2,1H3. The zero-order valence-electron chi connectivity index (χ0n) is 15.7. The second-order valence-corrected chi connectivity index (χ2v) is 7.22. The molecule has 28 heavy (non-hydrogen) atoms. The second kappa shape index (κ2) is 7.46. The highest BCUT2D eigenvalue weighted by atomic mass is 19.1. The van der Waals surface area contributed by atoms with Crippen LogP contribution in [0.3, 0.4) is 0 Å². The van der Waals surface area contributed by atoms with E-state index in [2.05, 4.69) is 10.3 Å². The first-order valence-corrected chi connectivity index (χ1v) is 9.46. The first-order valence-electron chi connectivity index (χ1n) is 9.46. The molecule has 2 aromatic carbocycles. The number of ketones is 1. The molecule has 1 saturated heterocycles. The number of anilines is 1. The Morgan fingerprint density at radius 3 is 2.46 bits per heavy atom. The van der Waals surface area contributed by atoms with Crippen LogP contribution in [0.1, 0.15) is 28.9 Å². The molecule has 1 aliphatic rings. The summed E-state index contributed by atoms with van der Waals surface area (Å²) in [6.07, 6.45) is 1.48. The summed E-state index contributed by atoms with van der Waals surface area (Å²) >= 11 is 0. The number of aryl methyl sites for hydroxylation is 1. The van der Waals surface area contributed by atoms with Crippen LogP contribution < -0.4 is 5.32 Å². The number of nitrogens with zero attached hydrogens (tertiary/aromatic N) is 1. The van der Waals surface area contributed by atoms with Crippen LogP contribution in [0, 0.1) is 12.7 Å². The SMILES string of the molecule is Cc1[nH]c2ccccc2c1C(=O)C(=O)N1CCC(Nc2ccc(F)cc2)CC1. The summed E-state index contributed by atoms with van der Waals surface area (Å²) in [5.74, 6) is -1.18. The fourth-order valence-corrected chi connectivity index (χ4v) is 3.83. The quantitative estimate of drug-likeness (QED) is 0.534. The Morgan fingerprint density at radius 2 is 1.75 bits per heavy atom. The highest BCUT2D eigenvalue weighted by molar-refractivity contribution is 6.45. The van der Waals surface area contributed by atoms with Crippen molar-refractivity contribution in [2.75, 3.05) is 18.4 Å². The predicted octanol–water partition coefficient (Wildman–Crippen LogP) is 3.90. The van der Waals surface area contributed by atoms with Gasteiger partial charge in [0.1, 0.15) is 5.82 Å². The van der Waals surface area contributed by atoms with Crippen molar-refractivity contribution in [2.45, 2.75) is 25.8 Å². The average Bonchev–Trinajstić information content (AvgIpc) is 3.05. The first-order chi connectivity index (χ1) is 13.5. The number of carbonyl (C=O) groups excluding carboxylic acids is 2. The van der Waals surface area contributed by atoms with Crippen molar-refractivity contribution in [3.8, 4) is 0 Å². The molecular formula is C22H22FN3O2. The largest absolute Gasteiger partial charge is 0.382 e. The molecule has 2 N–H and O–H groups in total. The Morgan fingerprint density at radius 1 is 1.07 bits per heavy atom. The fraction of sp³-hybridized carbons (Fsp3) is 0.273. The Hall–Kier alpha value is -3.15. The summed E-state index contributed by atoms with van der Waals surface area (Å²) in [6, 6.07) is 14.0. The molecule has 0 spiro atoms. The number of fused-ring (bicyclic) bond motifs is 1. The van der Waals surface area contributed by atoms with Crippen LogP contribution in [0.2, 0.25) is 0 Å². The Bertz CT molecular complexity index is 1020. The third-order valence-electron chi connectivity index (χ3n) is 5.31. The van der Waals surface area contributed by atoms with Crippen molar-refractivity contribution in [2.24, 2.45) is 0 Å². The zero-order valence-corrected chi connectivity index (χ0v) is 15.7. The fourth-order valence-electron chi connectivity index (χ4n) is 3.83. The van der Waals surface area contributed by atoms with Crippen molar-refractivity contribution in [1.29, 1.82) is 0 Å². The van der Waals surface area contributed by atoms with Crippen LogP contribution in [0.15, 0.2) is 48.5 Å². The normalized spacial score (nSPS) is 15.0. The number of H-pyrrole nitrogens is 1. The number of hydrogen-bond donors (Lipinski definition) is 2. The molecule has 1 fully saturated rings. The first kappa shape index (κ1) is 18.2. The van der Waals surface area contributed by atoms with Gasteiger partial charge in [0, 0.05) is 41.4 Å². The van der Waals surface area contributed by atoms with E-state index < -0.39 is 11.7 Å². The second-order valence-electron chi connectivity index (χ2n) is 7.22. The summed E-state index contributed by atoms with van der Waals surface area (Å²) in [5, 5.41) is 4.15. The molecule has 5 nitrogen and oxygen atoms in total. The maximum absolute atomic E-state index is 13.0. The number of hydrogen-bond acceptors (Lipinski definition) is 3. The minimum atomic E-state index is -0.458. The van der Waals surface area contributed by atoms with Crippen LogP contribution in [0.4, 0.5) is 10.1 Å². The third kappa shape index (κ3) is 3.50. The van der Waals surface area contributed by atoms with Crippen LogP contribution in [-0.4, -0.2) is 40.7 Å². The number of Topliss-reactive ketones (excluding diaryl/α,β-unsaturated/α-hetero) is 1. The number of aromatic nitrogens is 1. The maximum atomic E-state index is 13.0. The van der Waals surface area contributed by atoms with Gasteiger partial charge in [0.25, 0.3) is 11.7 Å². The smallest absolute Gasteiger partial charge is 0.295 e. The van der Waals surface area contributed by atoms with E-state index in [0.717, 1.165) is 29.4 Å².